The molecule has 0 fully saturated rings. The molecule has 124 valence electrons. The predicted octanol–water partition coefficient (Wildman–Crippen LogP) is -3.87. The molecule has 0 aliphatic rings. The minimum Gasteiger partial charge on any atom is -0.748 e. The number of hydrogen-bond acceptors (Lipinski definition) is 9. The van der Waals surface area contributed by atoms with Gasteiger partial charge in [-0.3, -0.25) is 4.79 Å². The first kappa shape index (κ1) is 25.1. The van der Waals surface area contributed by atoms with Gasteiger partial charge in [0, 0.05) is 17.3 Å². The number of carboxylic acids is 1. The second-order valence-electron chi connectivity index (χ2n) is 3.89. The molecule has 0 radical (unpaired) electrons. The molecule has 4 N–H and O–H groups in total. The van der Waals surface area contributed by atoms with Gasteiger partial charge in [-0.15, -0.1) is 0 Å². The first-order chi connectivity index (χ1) is 9.67. The Labute approximate surface area is 165 Å². The van der Waals surface area contributed by atoms with Crippen LogP contribution < -0.4 is 40.6 Å². The van der Waals surface area contributed by atoms with E-state index in [9.17, 15) is 22.6 Å². The van der Waals surface area contributed by atoms with Crippen molar-refractivity contribution in [2.75, 3.05) is 23.0 Å². The molecule has 22 heavy (non-hydrogen) atoms. The molecule has 0 aromatic rings. The maximum atomic E-state index is 11.6. The average molecular weight is 401 g/mol. The number of hydrogen-bond donors (Lipinski definition) is 4. The zero-order chi connectivity index (χ0) is 16.5. The molecule has 0 saturated heterocycles. The van der Waals surface area contributed by atoms with Crippen LogP contribution in [0.1, 0.15) is 6.42 Å². The Kier molecular flexibility index (Phi) is 15.0. The third kappa shape index (κ3) is 13.3. The fourth-order valence-electron chi connectivity index (χ4n) is 1.03. The van der Waals surface area contributed by atoms with Crippen LogP contribution >= 0.6 is 34.2 Å². The molecule has 0 aliphatic heterocycles. The second-order valence-corrected chi connectivity index (χ2v) is 8.48. The van der Waals surface area contributed by atoms with Crippen LogP contribution in [-0.2, 0) is 19.7 Å². The monoisotopic (exact) mass is 400 g/mol. The Morgan fingerprint density at radius 3 is 2.41 bits per heavy atom. The van der Waals surface area contributed by atoms with E-state index in [-0.39, 0.29) is 41.1 Å². The van der Waals surface area contributed by atoms with Crippen LogP contribution in [-0.4, -0.2) is 65.0 Å². The predicted molar refractivity (Wildman–Crippen MR) is 85.5 cm³/mol. The van der Waals surface area contributed by atoms with Gasteiger partial charge in [-0.2, -0.15) is 12.6 Å². The van der Waals surface area contributed by atoms with Gasteiger partial charge in [0.1, 0.15) is 6.04 Å². The number of nitrogens with two attached hydrogens (primary N) is 1. The van der Waals surface area contributed by atoms with Gasteiger partial charge in [-0.25, -0.2) is 13.2 Å². The zero-order valence-corrected chi connectivity index (χ0v) is 17.3. The van der Waals surface area contributed by atoms with Crippen LogP contribution in [0.4, 0.5) is 0 Å². The van der Waals surface area contributed by atoms with Crippen molar-refractivity contribution < 1.29 is 57.2 Å². The van der Waals surface area contributed by atoms with E-state index in [1.165, 1.54) is 0 Å². The van der Waals surface area contributed by atoms with Crippen LogP contribution in [0, 0.1) is 0 Å². The molecule has 0 bridgehead atoms. The number of carbonyl (C=O) groups is 2. The SMILES string of the molecule is N[C@@H](CCS)C(=O)N[C@@H](CSSCCS(=O)(=O)[O-])C(=O)O.[Na+]. The minimum atomic E-state index is -4.27. The van der Waals surface area contributed by atoms with Crippen molar-refractivity contribution in [1.29, 1.82) is 0 Å². The number of aliphatic carboxylic acids is 1. The topological polar surface area (TPSA) is 150 Å². The van der Waals surface area contributed by atoms with E-state index in [4.69, 9.17) is 10.8 Å². The van der Waals surface area contributed by atoms with Gasteiger partial charge in [0.15, 0.2) is 0 Å². The van der Waals surface area contributed by atoms with Crippen LogP contribution in [0.15, 0.2) is 0 Å². The van der Waals surface area contributed by atoms with Crippen molar-refractivity contribution in [1.82, 2.24) is 5.32 Å². The molecule has 13 heteroatoms. The Bertz CT molecular complexity index is 449. The zero-order valence-electron chi connectivity index (χ0n) is 11.9. The molecule has 0 saturated carbocycles. The quantitative estimate of drug-likeness (QED) is 0.0898. The molecule has 2 atom stereocenters. The summed E-state index contributed by atoms with van der Waals surface area (Å²) in [4.78, 5) is 22.6. The minimum absolute atomic E-state index is 0. The Morgan fingerprint density at radius 1 is 1.36 bits per heavy atom. The number of carbonyl (C=O) groups excluding carboxylic acids is 1. The molecule has 0 unspecified atom stereocenters. The normalized spacial score (nSPS) is 13.8. The number of thiol groups is 1. The standard InChI is InChI=1S/C9H18N2O6S4.Na/c10-6(1-2-18)8(12)11-7(9(13)14)5-20-19-3-4-21(15,16)17;/h6-7,18H,1-5,10H2,(H,11,12)(H,13,14)(H,15,16,17);/q;+1/p-1/t6-,7-;/m0./s1. The van der Waals surface area contributed by atoms with Crippen molar-refractivity contribution in [3.05, 3.63) is 0 Å². The van der Waals surface area contributed by atoms with E-state index in [2.05, 4.69) is 17.9 Å². The molecular weight excluding hydrogens is 383 g/mol. The molecule has 0 heterocycles. The molecule has 0 aliphatic carbocycles. The third-order valence-electron chi connectivity index (χ3n) is 2.13. The van der Waals surface area contributed by atoms with E-state index < -0.39 is 39.8 Å². The van der Waals surface area contributed by atoms with E-state index in [1.807, 2.05) is 0 Å². The summed E-state index contributed by atoms with van der Waals surface area (Å²) in [7, 11) is -2.16. The summed E-state index contributed by atoms with van der Waals surface area (Å²) >= 11 is 3.93. The molecule has 0 aromatic heterocycles. The van der Waals surface area contributed by atoms with E-state index in [1.54, 1.807) is 0 Å². The van der Waals surface area contributed by atoms with E-state index in [0.717, 1.165) is 21.6 Å². The van der Waals surface area contributed by atoms with Gasteiger partial charge < -0.3 is 20.7 Å². The number of amides is 1. The summed E-state index contributed by atoms with van der Waals surface area (Å²) in [5.41, 5.74) is 5.53. The van der Waals surface area contributed by atoms with Gasteiger partial charge >= 0.3 is 35.5 Å². The summed E-state index contributed by atoms with van der Waals surface area (Å²) in [6.45, 7) is 0. The molecular formula is C9H17N2NaO6S4. The Balaban J connectivity index is 0. The van der Waals surface area contributed by atoms with Crippen LogP contribution in [0.5, 0.6) is 0 Å². The first-order valence-corrected chi connectivity index (χ1v) is 10.4. The largest absolute Gasteiger partial charge is 1.00 e. The van der Waals surface area contributed by atoms with Crippen LogP contribution in [0.3, 0.4) is 0 Å². The first-order valence-electron chi connectivity index (χ1n) is 5.75. The maximum absolute atomic E-state index is 11.6. The Hall–Kier alpha value is 0.860. The van der Waals surface area contributed by atoms with Gasteiger partial charge in [0.25, 0.3) is 0 Å². The molecule has 0 aromatic carbocycles. The number of rotatable bonds is 11. The fraction of sp³-hybridized carbons (Fsp3) is 0.778. The van der Waals surface area contributed by atoms with Crippen LogP contribution in [0.25, 0.3) is 0 Å². The van der Waals surface area contributed by atoms with E-state index >= 15 is 0 Å². The fourth-order valence-corrected chi connectivity index (χ4v) is 4.64. The summed E-state index contributed by atoms with van der Waals surface area (Å²) in [6, 6.07) is -1.96. The summed E-state index contributed by atoms with van der Waals surface area (Å²) in [5.74, 6) is -1.84. The summed E-state index contributed by atoms with van der Waals surface area (Å²) < 4.78 is 31.1. The molecule has 0 spiro atoms. The molecule has 1 amide bonds. The third-order valence-corrected chi connectivity index (χ3v) is 5.76. The molecule has 0 rings (SSSR count). The van der Waals surface area contributed by atoms with Crippen LogP contribution in [0.2, 0.25) is 0 Å². The van der Waals surface area contributed by atoms with Crippen molar-refractivity contribution in [2.24, 2.45) is 5.73 Å². The van der Waals surface area contributed by atoms with E-state index in [0.29, 0.717) is 12.2 Å². The van der Waals surface area contributed by atoms with Gasteiger partial charge in [-0.05, 0) is 12.2 Å². The van der Waals surface area contributed by atoms with Crippen molar-refractivity contribution >= 4 is 56.2 Å². The number of nitrogens with one attached hydrogen (secondary N) is 1. The van der Waals surface area contributed by atoms with Crippen molar-refractivity contribution in [3.8, 4) is 0 Å². The average Bonchev–Trinajstić information content (AvgIpc) is 2.35. The summed E-state index contributed by atoms with van der Waals surface area (Å²) in [6.07, 6.45) is 0.324. The van der Waals surface area contributed by atoms with Crippen molar-refractivity contribution in [3.63, 3.8) is 0 Å². The summed E-state index contributed by atoms with van der Waals surface area (Å²) in [5, 5.41) is 11.3. The van der Waals surface area contributed by atoms with Crippen molar-refractivity contribution in [2.45, 2.75) is 18.5 Å². The van der Waals surface area contributed by atoms with Gasteiger partial charge in [0.2, 0.25) is 5.91 Å². The molecule has 8 nitrogen and oxygen atoms in total. The maximum Gasteiger partial charge on any atom is 1.00 e. The second kappa shape index (κ2) is 13.2. The van der Waals surface area contributed by atoms with Gasteiger partial charge in [0.05, 0.1) is 16.2 Å². The van der Waals surface area contributed by atoms with Gasteiger partial charge in [-0.1, -0.05) is 21.6 Å². The Morgan fingerprint density at radius 2 is 1.95 bits per heavy atom. The number of carboxylic acid groups (broad SMARTS) is 1. The smallest absolute Gasteiger partial charge is 0.748 e.